The fraction of sp³-hybridized carbons (Fsp3) is 0.571. The number of amides is 3. The van der Waals surface area contributed by atoms with E-state index >= 15 is 0 Å². The molecule has 2 aromatic rings. The maximum Gasteiger partial charge on any atom is 0.326 e. The number of unbranched alkanes of at least 4 members (excludes halogenated alkanes) is 1. The number of hydrogen-bond donors (Lipinski definition) is 7. The number of carbonyl (C=O) groups is 4. The molecule has 40 heavy (non-hydrogen) atoms. The van der Waals surface area contributed by atoms with Crippen molar-refractivity contribution in [1.82, 2.24) is 20.9 Å². The Labute approximate surface area is 240 Å². The summed E-state index contributed by atoms with van der Waals surface area (Å²) in [5, 5.41) is 18.9. The van der Waals surface area contributed by atoms with Crippen molar-refractivity contribution < 1.29 is 24.3 Å². The highest BCUT2D eigenvalue weighted by atomic mass is 32.2. The zero-order valence-electron chi connectivity index (χ0n) is 23.6. The Morgan fingerprint density at radius 1 is 0.950 bits per heavy atom. The molecule has 1 aromatic carbocycles. The van der Waals surface area contributed by atoms with Crippen molar-refractivity contribution in [3.05, 3.63) is 36.0 Å². The van der Waals surface area contributed by atoms with E-state index in [-0.39, 0.29) is 18.8 Å². The molecular weight excluding hydrogens is 532 g/mol. The number of carboxylic acid groups (broad SMARTS) is 1. The smallest absolute Gasteiger partial charge is 0.326 e. The SMILES string of the molecule is CSCCC(N)C(=O)NC(CCCCN)C(=O)NC(CC(C)C)C(=O)NC(Cc1c[nH]c2ccccc12)C(=O)O. The lowest BCUT2D eigenvalue weighted by Gasteiger charge is -2.26. The maximum absolute atomic E-state index is 13.3. The zero-order chi connectivity index (χ0) is 29.7. The largest absolute Gasteiger partial charge is 0.480 e. The molecule has 222 valence electrons. The predicted octanol–water partition coefficient (Wildman–Crippen LogP) is 1.50. The van der Waals surface area contributed by atoms with Crippen molar-refractivity contribution in [2.75, 3.05) is 18.6 Å². The van der Waals surface area contributed by atoms with Gasteiger partial charge in [0, 0.05) is 23.5 Å². The van der Waals surface area contributed by atoms with Gasteiger partial charge in [-0.1, -0.05) is 32.0 Å². The van der Waals surface area contributed by atoms with Gasteiger partial charge in [0.15, 0.2) is 0 Å². The van der Waals surface area contributed by atoms with E-state index in [1.54, 1.807) is 18.0 Å². The minimum Gasteiger partial charge on any atom is -0.480 e. The van der Waals surface area contributed by atoms with Gasteiger partial charge >= 0.3 is 5.97 Å². The van der Waals surface area contributed by atoms with Gasteiger partial charge in [-0.05, 0) is 68.2 Å². The molecule has 0 spiro atoms. The summed E-state index contributed by atoms with van der Waals surface area (Å²) in [6, 6.07) is 3.67. The first-order valence-corrected chi connectivity index (χ1v) is 15.1. The van der Waals surface area contributed by atoms with E-state index in [1.165, 1.54) is 0 Å². The second-order valence-corrected chi connectivity index (χ2v) is 11.4. The molecule has 0 aliphatic heterocycles. The Morgan fingerprint density at radius 2 is 1.60 bits per heavy atom. The van der Waals surface area contributed by atoms with E-state index in [1.807, 2.05) is 44.4 Å². The number of rotatable bonds is 18. The molecule has 9 N–H and O–H groups in total. The number of hydrogen-bond acceptors (Lipinski definition) is 7. The Kier molecular flexibility index (Phi) is 14.0. The van der Waals surface area contributed by atoms with E-state index in [9.17, 15) is 24.3 Å². The number of aliphatic carboxylic acids is 1. The van der Waals surface area contributed by atoms with Gasteiger partial charge in [-0.3, -0.25) is 14.4 Å². The van der Waals surface area contributed by atoms with Crippen molar-refractivity contribution in [3.63, 3.8) is 0 Å². The monoisotopic (exact) mass is 576 g/mol. The number of para-hydroxylation sites is 1. The number of carbonyl (C=O) groups excluding carboxylic acids is 3. The molecule has 3 amide bonds. The number of nitrogens with one attached hydrogen (secondary N) is 4. The van der Waals surface area contributed by atoms with Gasteiger partial charge < -0.3 is 37.5 Å². The highest BCUT2D eigenvalue weighted by molar-refractivity contribution is 7.98. The van der Waals surface area contributed by atoms with E-state index in [0.717, 1.165) is 16.5 Å². The minimum atomic E-state index is -1.20. The van der Waals surface area contributed by atoms with Crippen LogP contribution in [0.3, 0.4) is 0 Å². The third kappa shape index (κ3) is 10.5. The van der Waals surface area contributed by atoms with Gasteiger partial charge in [-0.15, -0.1) is 0 Å². The molecule has 4 atom stereocenters. The Bertz CT molecular complexity index is 1120. The molecule has 0 radical (unpaired) electrons. The molecule has 0 saturated carbocycles. The third-order valence-electron chi connectivity index (χ3n) is 6.60. The molecule has 0 saturated heterocycles. The standard InChI is InChI=1S/C28H44N6O5S/c1-17(2)14-23(33-26(36)22(10-6-7-12-29)32-25(35)20(30)11-13-40-3)27(37)34-24(28(38)39)15-18-16-31-21-9-5-4-8-19(18)21/h4-5,8-9,16-17,20,22-24,31H,6-7,10-15,29-30H2,1-3H3,(H,32,35)(H,33,36)(H,34,37)(H,38,39). The number of aromatic amines is 1. The topological polar surface area (TPSA) is 192 Å². The van der Waals surface area contributed by atoms with Crippen LogP contribution in [0, 0.1) is 5.92 Å². The van der Waals surface area contributed by atoms with Gasteiger partial charge in [-0.2, -0.15) is 11.8 Å². The van der Waals surface area contributed by atoms with Gasteiger partial charge in [0.25, 0.3) is 0 Å². The quantitative estimate of drug-likeness (QED) is 0.130. The summed E-state index contributed by atoms with van der Waals surface area (Å²) in [6.07, 6.45) is 6.08. The fourth-order valence-corrected chi connectivity index (χ4v) is 4.87. The Hall–Kier alpha value is -3.09. The van der Waals surface area contributed by atoms with Crippen LogP contribution in [-0.2, 0) is 25.6 Å². The van der Waals surface area contributed by atoms with Crippen LogP contribution in [0.4, 0.5) is 0 Å². The van der Waals surface area contributed by atoms with Crippen molar-refractivity contribution in [1.29, 1.82) is 0 Å². The van der Waals surface area contributed by atoms with Crippen LogP contribution in [0.2, 0.25) is 0 Å². The summed E-state index contributed by atoms with van der Waals surface area (Å²) in [6.45, 7) is 4.25. The van der Waals surface area contributed by atoms with E-state index in [0.29, 0.717) is 38.0 Å². The number of carboxylic acids is 1. The number of fused-ring (bicyclic) bond motifs is 1. The predicted molar refractivity (Wildman–Crippen MR) is 159 cm³/mol. The number of thioether (sulfide) groups is 1. The number of nitrogens with two attached hydrogens (primary N) is 2. The summed E-state index contributed by atoms with van der Waals surface area (Å²) in [4.78, 5) is 54.5. The maximum atomic E-state index is 13.3. The average Bonchev–Trinajstić information content (AvgIpc) is 3.32. The minimum absolute atomic E-state index is 0.0261. The summed E-state index contributed by atoms with van der Waals surface area (Å²) < 4.78 is 0. The highest BCUT2D eigenvalue weighted by Gasteiger charge is 2.31. The molecule has 0 aliphatic carbocycles. The molecule has 0 aliphatic rings. The summed E-state index contributed by atoms with van der Waals surface area (Å²) >= 11 is 1.57. The first-order chi connectivity index (χ1) is 19.1. The molecule has 2 rings (SSSR count). The first-order valence-electron chi connectivity index (χ1n) is 13.7. The van der Waals surface area contributed by atoms with Crippen LogP contribution >= 0.6 is 11.8 Å². The van der Waals surface area contributed by atoms with Crippen LogP contribution in [0.15, 0.2) is 30.5 Å². The van der Waals surface area contributed by atoms with Gasteiger partial charge in [0.05, 0.1) is 6.04 Å². The van der Waals surface area contributed by atoms with Gasteiger partial charge in [-0.25, -0.2) is 4.79 Å². The van der Waals surface area contributed by atoms with Gasteiger partial charge in [0.2, 0.25) is 17.7 Å². The number of aromatic nitrogens is 1. The van der Waals surface area contributed by atoms with Gasteiger partial charge in [0.1, 0.15) is 18.1 Å². The van der Waals surface area contributed by atoms with E-state index in [2.05, 4.69) is 20.9 Å². The third-order valence-corrected chi connectivity index (χ3v) is 7.25. The average molecular weight is 577 g/mol. The number of benzene rings is 1. The normalized spacial score (nSPS) is 14.3. The molecule has 0 fully saturated rings. The lowest BCUT2D eigenvalue weighted by Crippen LogP contribution is -2.57. The van der Waals surface area contributed by atoms with Crippen molar-refractivity contribution in [2.45, 2.75) is 76.5 Å². The van der Waals surface area contributed by atoms with E-state index in [4.69, 9.17) is 11.5 Å². The van der Waals surface area contributed by atoms with Crippen LogP contribution in [-0.4, -0.2) is 76.5 Å². The van der Waals surface area contributed by atoms with E-state index < -0.39 is 47.9 Å². The fourth-order valence-electron chi connectivity index (χ4n) is 4.38. The van der Waals surface area contributed by atoms with Crippen LogP contribution in [0.1, 0.15) is 51.5 Å². The molecule has 4 unspecified atom stereocenters. The summed E-state index contributed by atoms with van der Waals surface area (Å²) in [5.41, 5.74) is 13.2. The second kappa shape index (κ2) is 16.9. The Balaban J connectivity index is 2.16. The van der Waals surface area contributed by atoms with Crippen LogP contribution in [0.25, 0.3) is 10.9 Å². The van der Waals surface area contributed by atoms with Crippen LogP contribution in [0.5, 0.6) is 0 Å². The Morgan fingerprint density at radius 3 is 2.25 bits per heavy atom. The van der Waals surface area contributed by atoms with Crippen molar-refractivity contribution in [3.8, 4) is 0 Å². The van der Waals surface area contributed by atoms with Crippen molar-refractivity contribution >= 4 is 46.4 Å². The molecule has 12 heteroatoms. The number of H-pyrrole nitrogens is 1. The molecular formula is C28H44N6O5S. The summed E-state index contributed by atoms with van der Waals surface area (Å²) in [7, 11) is 0. The first kappa shape index (κ1) is 33.1. The molecule has 1 heterocycles. The zero-order valence-corrected chi connectivity index (χ0v) is 24.4. The lowest BCUT2D eigenvalue weighted by atomic mass is 10.00. The van der Waals surface area contributed by atoms with Crippen molar-refractivity contribution in [2.24, 2.45) is 17.4 Å². The second-order valence-electron chi connectivity index (χ2n) is 10.4. The van der Waals surface area contributed by atoms with Crippen LogP contribution < -0.4 is 27.4 Å². The molecule has 0 bridgehead atoms. The molecule has 1 aromatic heterocycles. The summed E-state index contributed by atoms with van der Waals surface area (Å²) in [5.74, 6) is -2.00. The highest BCUT2D eigenvalue weighted by Crippen LogP contribution is 2.19. The molecule has 11 nitrogen and oxygen atoms in total. The lowest BCUT2D eigenvalue weighted by molar-refractivity contribution is -0.142.